The Morgan fingerprint density at radius 3 is 2.15 bits per heavy atom. The van der Waals surface area contributed by atoms with Gasteiger partial charge in [-0.25, -0.2) is 11.6 Å². The first-order valence-corrected chi connectivity index (χ1v) is 8.23. The standard InChI is InChI=1S/C17H13.C7H9.2ClH.Zr/c1-3-12-5-7-14-11-15-8-6-13(4-2)10-17(15)16(14)9-12;1-6-3-4-7(2)5-6;;;/h3-7,9-10H,1-2,11H2;3-5H,1-2H3;2*1H;/q2*-1;;;+4/p-2. The van der Waals surface area contributed by atoms with Crippen LogP contribution in [0.1, 0.15) is 33.4 Å². The number of halogens is 2. The molecule has 0 fully saturated rings. The first kappa shape index (κ1) is 25.7. The van der Waals surface area contributed by atoms with Gasteiger partial charge in [-0.15, -0.1) is 23.8 Å². The molecule has 0 radical (unpaired) electrons. The molecule has 0 aliphatic heterocycles. The van der Waals surface area contributed by atoms with E-state index in [1.807, 2.05) is 18.2 Å². The molecule has 136 valence electrons. The van der Waals surface area contributed by atoms with Crippen molar-refractivity contribution >= 4 is 12.2 Å². The molecule has 1 aliphatic carbocycles. The molecule has 0 saturated heterocycles. The molecule has 0 saturated carbocycles. The summed E-state index contributed by atoms with van der Waals surface area (Å²) in [7, 11) is 0. The molecule has 0 spiro atoms. The van der Waals surface area contributed by atoms with Gasteiger partial charge in [0.15, 0.2) is 0 Å². The van der Waals surface area contributed by atoms with Gasteiger partial charge < -0.3 is 24.8 Å². The van der Waals surface area contributed by atoms with E-state index in [2.05, 4.69) is 75.5 Å². The summed E-state index contributed by atoms with van der Waals surface area (Å²) in [6, 6.07) is 20.5. The van der Waals surface area contributed by atoms with Crippen molar-refractivity contribution < 1.29 is 51.0 Å². The van der Waals surface area contributed by atoms with E-state index in [9.17, 15) is 0 Å². The van der Waals surface area contributed by atoms with Crippen LogP contribution in [-0.2, 0) is 32.6 Å². The van der Waals surface area contributed by atoms with Crippen LogP contribution in [0, 0.1) is 19.9 Å². The molecule has 1 aliphatic rings. The summed E-state index contributed by atoms with van der Waals surface area (Å²) in [5, 5.41) is 0. The van der Waals surface area contributed by atoms with Crippen molar-refractivity contribution in [1.29, 1.82) is 0 Å². The van der Waals surface area contributed by atoms with E-state index < -0.39 is 0 Å². The predicted octanol–water partition coefficient (Wildman–Crippen LogP) is 0.372. The Kier molecular flexibility index (Phi) is 11.0. The smallest absolute Gasteiger partial charge is 1.00 e. The number of rotatable bonds is 2. The van der Waals surface area contributed by atoms with Crippen LogP contribution < -0.4 is 24.8 Å². The van der Waals surface area contributed by atoms with Crippen molar-refractivity contribution in [1.82, 2.24) is 0 Å². The molecule has 0 aromatic heterocycles. The summed E-state index contributed by atoms with van der Waals surface area (Å²) in [5.41, 5.74) is 10.3. The van der Waals surface area contributed by atoms with Gasteiger partial charge in [0, 0.05) is 0 Å². The topological polar surface area (TPSA) is 0 Å². The van der Waals surface area contributed by atoms with Gasteiger partial charge in [0.05, 0.1) is 0 Å². The SMILES string of the molecule is C=Cc1c[c-]c2c(c1)-c1cc(C=C)ccc1C2.Cc1c[cH-]c(C)c1.[Cl-].[Cl-].[Zr+4]. The van der Waals surface area contributed by atoms with Gasteiger partial charge in [-0.3, -0.25) is 0 Å². The molecule has 3 aromatic rings. The Morgan fingerprint density at radius 2 is 1.63 bits per heavy atom. The van der Waals surface area contributed by atoms with Gasteiger partial charge in [0.2, 0.25) is 0 Å². The first-order valence-electron chi connectivity index (χ1n) is 8.23. The number of aryl methyl sites for hydroxylation is 2. The van der Waals surface area contributed by atoms with Gasteiger partial charge in [-0.2, -0.15) is 41.5 Å². The predicted molar refractivity (Wildman–Crippen MR) is 105 cm³/mol. The number of benzene rings is 2. The fraction of sp³-hybridized carbons (Fsp3) is 0.125. The summed E-state index contributed by atoms with van der Waals surface area (Å²) in [4.78, 5) is 0. The van der Waals surface area contributed by atoms with Crippen molar-refractivity contribution in [2.24, 2.45) is 0 Å². The van der Waals surface area contributed by atoms with Crippen LogP contribution in [0.2, 0.25) is 0 Å². The molecule has 3 heteroatoms. The molecule has 27 heavy (non-hydrogen) atoms. The van der Waals surface area contributed by atoms with Crippen LogP contribution in [-0.4, -0.2) is 0 Å². The van der Waals surface area contributed by atoms with E-state index in [1.54, 1.807) is 0 Å². The normalized spacial score (nSPS) is 9.85. The molecular formula is C24H22Cl2Zr. The maximum absolute atomic E-state index is 3.82. The molecule has 0 unspecified atom stereocenters. The summed E-state index contributed by atoms with van der Waals surface area (Å²) in [6.45, 7) is 11.8. The second-order valence-corrected chi connectivity index (χ2v) is 6.29. The summed E-state index contributed by atoms with van der Waals surface area (Å²) in [5.74, 6) is 0. The van der Waals surface area contributed by atoms with Crippen LogP contribution in [0.4, 0.5) is 0 Å². The second-order valence-electron chi connectivity index (χ2n) is 6.29. The van der Waals surface area contributed by atoms with E-state index in [1.165, 1.54) is 38.9 Å². The maximum atomic E-state index is 3.82. The summed E-state index contributed by atoms with van der Waals surface area (Å²) >= 11 is 0. The molecule has 0 amide bonds. The van der Waals surface area contributed by atoms with Gasteiger partial charge in [-0.1, -0.05) is 55.8 Å². The molecule has 0 bridgehead atoms. The van der Waals surface area contributed by atoms with Crippen LogP contribution in [0.25, 0.3) is 23.3 Å². The Morgan fingerprint density at radius 1 is 0.963 bits per heavy atom. The number of fused-ring (bicyclic) bond motifs is 3. The minimum Gasteiger partial charge on any atom is -1.00 e. The fourth-order valence-corrected chi connectivity index (χ4v) is 3.08. The van der Waals surface area contributed by atoms with Crippen molar-refractivity contribution in [2.75, 3.05) is 0 Å². The molecule has 0 atom stereocenters. The van der Waals surface area contributed by atoms with Crippen LogP contribution in [0.5, 0.6) is 0 Å². The maximum Gasteiger partial charge on any atom is 4.00 e. The zero-order valence-corrected chi connectivity index (χ0v) is 19.6. The third-order valence-corrected chi connectivity index (χ3v) is 4.38. The van der Waals surface area contributed by atoms with Gasteiger partial charge in [0.1, 0.15) is 0 Å². The minimum atomic E-state index is 0. The van der Waals surface area contributed by atoms with Crippen LogP contribution >= 0.6 is 0 Å². The van der Waals surface area contributed by atoms with Crippen molar-refractivity contribution in [3.8, 4) is 11.1 Å². The molecule has 0 N–H and O–H groups in total. The molecular weight excluding hydrogens is 450 g/mol. The van der Waals surface area contributed by atoms with E-state index in [-0.39, 0.29) is 51.0 Å². The third-order valence-electron chi connectivity index (χ3n) is 4.38. The van der Waals surface area contributed by atoms with Crippen LogP contribution in [0.15, 0.2) is 61.7 Å². The zero-order valence-electron chi connectivity index (χ0n) is 15.7. The number of hydrogen-bond donors (Lipinski definition) is 0. The average molecular weight is 473 g/mol. The third kappa shape index (κ3) is 6.11. The Labute approximate surface area is 194 Å². The number of hydrogen-bond acceptors (Lipinski definition) is 0. The van der Waals surface area contributed by atoms with E-state index in [0.717, 1.165) is 12.0 Å². The van der Waals surface area contributed by atoms with Gasteiger partial charge in [-0.05, 0) is 12.0 Å². The van der Waals surface area contributed by atoms with E-state index >= 15 is 0 Å². The van der Waals surface area contributed by atoms with E-state index in [4.69, 9.17) is 0 Å². The van der Waals surface area contributed by atoms with Gasteiger partial charge in [0.25, 0.3) is 0 Å². The largest absolute Gasteiger partial charge is 4.00 e. The van der Waals surface area contributed by atoms with Crippen molar-refractivity contribution in [3.05, 3.63) is 101 Å². The average Bonchev–Trinajstić information content (AvgIpc) is 3.16. The Balaban J connectivity index is 0.000000585. The zero-order chi connectivity index (χ0) is 17.1. The Hall–Kier alpha value is -1.27. The molecule has 4 rings (SSSR count). The Bertz CT molecular complexity index is 834. The summed E-state index contributed by atoms with van der Waals surface area (Å²) < 4.78 is 0. The van der Waals surface area contributed by atoms with Crippen LogP contribution in [0.3, 0.4) is 0 Å². The molecule has 3 aromatic carbocycles. The minimum absolute atomic E-state index is 0. The quantitative estimate of drug-likeness (QED) is 0.370. The first-order chi connectivity index (χ1) is 11.6. The van der Waals surface area contributed by atoms with Crippen molar-refractivity contribution in [3.63, 3.8) is 0 Å². The monoisotopic (exact) mass is 470 g/mol. The van der Waals surface area contributed by atoms with Gasteiger partial charge >= 0.3 is 26.2 Å². The molecule has 0 nitrogen and oxygen atoms in total. The summed E-state index contributed by atoms with van der Waals surface area (Å²) in [6.07, 6.45) is 4.74. The van der Waals surface area contributed by atoms with Crippen molar-refractivity contribution in [2.45, 2.75) is 20.3 Å². The molecule has 0 heterocycles. The second kappa shape index (κ2) is 11.5. The fourth-order valence-electron chi connectivity index (χ4n) is 3.08. The van der Waals surface area contributed by atoms with E-state index in [0.29, 0.717) is 0 Å².